The molecule has 0 aromatic rings. The summed E-state index contributed by atoms with van der Waals surface area (Å²) < 4.78 is 1.96. The monoisotopic (exact) mass is 1250 g/mol. The van der Waals surface area contributed by atoms with Gasteiger partial charge in [-0.15, -0.1) is 23.2 Å². The molecule has 0 unspecified atom stereocenters. The number of nitrogens with zero attached hydrogens (tertiary/aromatic N) is 3. The molecule has 0 rings (SSSR count). The van der Waals surface area contributed by atoms with Gasteiger partial charge in [0.1, 0.15) is 13.1 Å². The molecule has 0 aliphatic heterocycles. The van der Waals surface area contributed by atoms with Crippen LogP contribution in [0.1, 0.15) is 356 Å². The minimum atomic E-state index is 0. The zero-order valence-corrected chi connectivity index (χ0v) is 60.0. The van der Waals surface area contributed by atoms with Crippen molar-refractivity contribution >= 4 is 40.9 Å². The van der Waals surface area contributed by atoms with Crippen LogP contribution in [-0.4, -0.2) is 138 Å². The Bertz CT molecular complexity index is 1250. The van der Waals surface area contributed by atoms with E-state index in [1.807, 2.05) is 0 Å². The third-order valence-electron chi connectivity index (χ3n) is 17.0. The second-order valence-electron chi connectivity index (χ2n) is 27.2. The Morgan fingerprint density at radius 1 is 0.294 bits per heavy atom. The number of quaternary nitrogens is 2. The minimum absolute atomic E-state index is 0. The highest BCUT2D eigenvalue weighted by atomic mass is 35.5. The molecule has 0 bridgehead atoms. The van der Waals surface area contributed by atoms with Gasteiger partial charge < -0.3 is 29.8 Å². The maximum absolute atomic E-state index is 12.3. The van der Waals surface area contributed by atoms with E-state index in [9.17, 15) is 14.4 Å². The lowest BCUT2D eigenvalue weighted by molar-refractivity contribution is -0.945. The molecule has 0 fully saturated rings. The first-order valence-corrected chi connectivity index (χ1v) is 38.0. The number of likely N-dealkylation sites (N-methyl/N-ethyl adjacent to an activating group) is 2. The van der Waals surface area contributed by atoms with E-state index in [0.29, 0.717) is 31.0 Å². The van der Waals surface area contributed by atoms with Gasteiger partial charge in [-0.1, -0.05) is 298 Å². The fourth-order valence-electron chi connectivity index (χ4n) is 11.1. The first kappa shape index (κ1) is 90.3. The number of halogens is 2. The number of carbonyl (C=O) groups excluding carboxylic acids is 3. The normalized spacial score (nSPS) is 11.4. The number of alkyl halides is 2. The molecule has 0 heterocycles. The van der Waals surface area contributed by atoms with E-state index in [-0.39, 0.29) is 25.1 Å². The number of unbranched alkanes of at least 4 members (excludes halogenated alkanes) is 42. The van der Waals surface area contributed by atoms with Crippen LogP contribution in [-0.2, 0) is 14.4 Å². The van der Waals surface area contributed by atoms with Crippen LogP contribution < -0.4 is 16.0 Å². The van der Waals surface area contributed by atoms with Crippen molar-refractivity contribution in [3.63, 3.8) is 0 Å². The summed E-state index contributed by atoms with van der Waals surface area (Å²) >= 11 is 10.1. The lowest BCUT2D eigenvalue weighted by atomic mass is 10.0. The lowest BCUT2D eigenvalue weighted by Crippen LogP contribution is -2.52. The van der Waals surface area contributed by atoms with E-state index in [4.69, 9.17) is 23.2 Å². The molecule has 0 saturated heterocycles. The van der Waals surface area contributed by atoms with Gasteiger partial charge >= 0.3 is 0 Å². The van der Waals surface area contributed by atoms with E-state index in [1.54, 1.807) is 0 Å². The third kappa shape index (κ3) is 82.9. The van der Waals surface area contributed by atoms with Crippen LogP contribution in [0.4, 0.5) is 0 Å². The molecule has 3 amide bonds. The highest BCUT2D eigenvalue weighted by Crippen LogP contribution is 2.17. The standard InChI is InChI=1S/C48H98N4O2.C23H48N2O.C2H4Cl2.CH4/c1-7-9-11-13-15-17-19-21-23-25-27-29-31-33-35-39-47(53)49-41-37-43-51(3,4)45-46-52(5,6)44-38-42-50-48(54)40-36-34-32-30-28-26-24-22-20-18-16-14-12-10-8-2;1-4-5-6-7-8-9-10-11-12-13-14-15-16-17-18-20-23(26)24-21-19-22-25(2)3;3-1-2-4;/h7-46H2,1-6H3;4-22H2,1-3H3,(H,24,26);1-2H2;1H4/p+2. The molecule has 11 heteroatoms. The maximum atomic E-state index is 12.3. The molecule has 3 N–H and O–H groups in total. The van der Waals surface area contributed by atoms with Crippen molar-refractivity contribution < 1.29 is 23.3 Å². The molecular weight excluding hydrogens is 1090 g/mol. The average Bonchev–Trinajstić information content (AvgIpc) is 3.53. The van der Waals surface area contributed by atoms with Gasteiger partial charge in [0.25, 0.3) is 0 Å². The fourth-order valence-corrected chi connectivity index (χ4v) is 11.1. The molecule has 0 aliphatic rings. The van der Waals surface area contributed by atoms with Crippen molar-refractivity contribution in [2.24, 2.45) is 0 Å². The summed E-state index contributed by atoms with van der Waals surface area (Å²) in [4.78, 5) is 38.5. The zero-order valence-electron chi connectivity index (χ0n) is 58.5. The zero-order chi connectivity index (χ0) is 62.6. The van der Waals surface area contributed by atoms with Gasteiger partial charge in [-0.2, -0.15) is 0 Å². The number of nitrogens with one attached hydrogen (secondary N) is 3. The molecular formula is C74H156Cl2N6O3+2. The SMILES string of the molecule is C.CCCCCCCCCCCCCCCCCC(=O)NCCCN(C)C.CCCCCCCCCCCCCCCCCC(=O)NCCC[N+](C)(C)CC[N+](C)(C)CCCNC(=O)CCCCCCCCCCCCCCCCC.ClCCCl. The topological polar surface area (TPSA) is 90.5 Å². The molecule has 9 nitrogen and oxygen atoms in total. The highest BCUT2D eigenvalue weighted by Gasteiger charge is 2.22. The summed E-state index contributed by atoms with van der Waals surface area (Å²) in [7, 11) is 13.4. The number of carbonyl (C=O) groups is 3. The Morgan fingerprint density at radius 3 is 0.671 bits per heavy atom. The van der Waals surface area contributed by atoms with Gasteiger partial charge in [-0.25, -0.2) is 0 Å². The molecule has 0 spiro atoms. The van der Waals surface area contributed by atoms with E-state index >= 15 is 0 Å². The van der Waals surface area contributed by atoms with Crippen LogP contribution in [0, 0.1) is 0 Å². The summed E-state index contributed by atoms with van der Waals surface area (Å²) in [6.45, 7) is 14.7. The summed E-state index contributed by atoms with van der Waals surface area (Å²) in [5.41, 5.74) is 0. The Labute approximate surface area is 544 Å². The van der Waals surface area contributed by atoms with Crippen LogP contribution in [0.3, 0.4) is 0 Å². The third-order valence-corrected chi connectivity index (χ3v) is 17.6. The molecule has 0 aromatic heterocycles. The van der Waals surface area contributed by atoms with E-state index in [0.717, 1.165) is 99.8 Å². The van der Waals surface area contributed by atoms with Gasteiger partial charge in [0, 0.05) is 63.5 Å². The van der Waals surface area contributed by atoms with Crippen LogP contribution in [0.25, 0.3) is 0 Å². The number of hydrogen-bond donors (Lipinski definition) is 3. The van der Waals surface area contributed by atoms with E-state index in [1.165, 1.54) is 270 Å². The quantitative estimate of drug-likeness (QED) is 0.0322. The average molecular weight is 1250 g/mol. The van der Waals surface area contributed by atoms with Crippen LogP contribution in [0.2, 0.25) is 0 Å². The summed E-state index contributed by atoms with van der Waals surface area (Å²) in [5.74, 6) is 1.81. The van der Waals surface area contributed by atoms with Gasteiger partial charge in [0.15, 0.2) is 0 Å². The Kier molecular flexibility index (Phi) is 78.2. The van der Waals surface area contributed by atoms with Crippen molar-refractivity contribution in [3.05, 3.63) is 0 Å². The molecule has 0 saturated carbocycles. The molecule has 0 radical (unpaired) electrons. The summed E-state index contributed by atoms with van der Waals surface area (Å²) in [5, 5.41) is 9.36. The molecule has 85 heavy (non-hydrogen) atoms. The summed E-state index contributed by atoms with van der Waals surface area (Å²) in [6, 6.07) is 0. The van der Waals surface area contributed by atoms with Gasteiger partial charge in [0.05, 0.1) is 41.3 Å². The second-order valence-corrected chi connectivity index (χ2v) is 27.9. The predicted octanol–water partition coefficient (Wildman–Crippen LogP) is 21.1. The maximum Gasteiger partial charge on any atom is 0.219 e. The number of hydrogen-bond acceptors (Lipinski definition) is 4. The second kappa shape index (κ2) is 73.6. The van der Waals surface area contributed by atoms with E-state index in [2.05, 4.69) is 83.9 Å². The summed E-state index contributed by atoms with van der Waals surface area (Å²) in [6.07, 6.45) is 66.4. The Balaban J connectivity index is -0.000000879. The van der Waals surface area contributed by atoms with Gasteiger partial charge in [-0.3, -0.25) is 14.4 Å². The molecule has 0 aromatic carbocycles. The highest BCUT2D eigenvalue weighted by molar-refractivity contribution is 6.25. The minimum Gasteiger partial charge on any atom is -0.356 e. The smallest absolute Gasteiger partial charge is 0.219 e. The largest absolute Gasteiger partial charge is 0.356 e. The predicted molar refractivity (Wildman–Crippen MR) is 382 cm³/mol. The first-order chi connectivity index (χ1) is 40.7. The van der Waals surface area contributed by atoms with Gasteiger partial charge in [0.2, 0.25) is 17.7 Å². The number of rotatable bonds is 64. The van der Waals surface area contributed by atoms with Crippen LogP contribution >= 0.6 is 23.2 Å². The Hall–Kier alpha value is -1.13. The van der Waals surface area contributed by atoms with E-state index < -0.39 is 0 Å². The first-order valence-electron chi connectivity index (χ1n) is 36.9. The molecule has 0 atom stereocenters. The Morgan fingerprint density at radius 2 is 0.482 bits per heavy atom. The van der Waals surface area contributed by atoms with Crippen LogP contribution in [0.5, 0.6) is 0 Å². The van der Waals surface area contributed by atoms with Crippen molar-refractivity contribution in [1.29, 1.82) is 0 Å². The van der Waals surface area contributed by atoms with Crippen LogP contribution in [0.15, 0.2) is 0 Å². The van der Waals surface area contributed by atoms with Gasteiger partial charge in [-0.05, 0) is 46.3 Å². The molecule has 0 aliphatic carbocycles. The fraction of sp³-hybridized carbons (Fsp3) is 0.959. The van der Waals surface area contributed by atoms with Crippen molar-refractivity contribution in [3.8, 4) is 0 Å². The van der Waals surface area contributed by atoms with Crippen molar-refractivity contribution in [1.82, 2.24) is 20.9 Å². The van der Waals surface area contributed by atoms with Crippen molar-refractivity contribution in [2.45, 2.75) is 356 Å². The number of amides is 3. The lowest BCUT2D eigenvalue weighted by Gasteiger charge is -2.35. The molecule has 512 valence electrons. The van der Waals surface area contributed by atoms with Crippen molar-refractivity contribution in [2.75, 3.05) is 106 Å².